The van der Waals surface area contributed by atoms with Crippen molar-refractivity contribution in [1.29, 1.82) is 0 Å². The first-order valence-corrected chi connectivity index (χ1v) is 7.78. The molecule has 9 heteroatoms. The quantitative estimate of drug-likeness (QED) is 0.781. The lowest BCUT2D eigenvalue weighted by Crippen LogP contribution is -2.41. The summed E-state index contributed by atoms with van der Waals surface area (Å²) in [7, 11) is 2.44. The summed E-state index contributed by atoms with van der Waals surface area (Å²) in [5.74, 6) is -1.64. The highest BCUT2D eigenvalue weighted by Gasteiger charge is 2.26. The molecule has 0 fully saturated rings. The molecule has 122 valence electrons. The number of hydrogen-bond acceptors (Lipinski definition) is 6. The Bertz CT molecular complexity index is 587. The third-order valence-electron chi connectivity index (χ3n) is 2.90. The molecule has 22 heavy (non-hydrogen) atoms. The van der Waals surface area contributed by atoms with Crippen molar-refractivity contribution in [2.75, 3.05) is 14.2 Å². The standard InChI is InChI=1S/C13H15Cl2NO5S/c1-6-9(14)11(15)22-10(6)12(18)16-7(13(19)21-3)4-5-8(17)20-2/h7H,4-5H2,1-3H3,(H,16,18)/t7-/m0/s1. The lowest BCUT2D eigenvalue weighted by atomic mass is 10.1. The number of carbonyl (C=O) groups is 3. The maximum absolute atomic E-state index is 12.2. The van der Waals surface area contributed by atoms with Crippen molar-refractivity contribution >= 4 is 52.4 Å². The van der Waals surface area contributed by atoms with Crippen LogP contribution in [0.1, 0.15) is 28.1 Å². The van der Waals surface area contributed by atoms with Crippen molar-refractivity contribution in [3.05, 3.63) is 19.8 Å². The lowest BCUT2D eigenvalue weighted by molar-refractivity contribution is -0.144. The Labute approximate surface area is 141 Å². The Morgan fingerprint density at radius 3 is 2.32 bits per heavy atom. The van der Waals surface area contributed by atoms with Crippen LogP contribution in [0.5, 0.6) is 0 Å². The summed E-state index contributed by atoms with van der Waals surface area (Å²) in [5.41, 5.74) is 0.533. The fourth-order valence-electron chi connectivity index (χ4n) is 1.65. The second kappa shape index (κ2) is 8.36. The summed E-state index contributed by atoms with van der Waals surface area (Å²) in [6.45, 7) is 1.65. The molecule has 1 rings (SSSR count). The molecule has 0 aromatic carbocycles. The average molecular weight is 368 g/mol. The molecule has 0 saturated heterocycles. The minimum Gasteiger partial charge on any atom is -0.469 e. The molecule has 0 aliphatic carbocycles. The number of nitrogens with one attached hydrogen (secondary N) is 1. The van der Waals surface area contributed by atoms with Crippen LogP contribution in [-0.2, 0) is 19.1 Å². The molecule has 0 saturated carbocycles. The number of hydrogen-bond donors (Lipinski definition) is 1. The van der Waals surface area contributed by atoms with Crippen LogP contribution in [0.25, 0.3) is 0 Å². The minimum absolute atomic E-state index is 0.0263. The second-order valence-corrected chi connectivity index (χ2v) is 6.31. The highest BCUT2D eigenvalue weighted by Crippen LogP contribution is 2.36. The predicted octanol–water partition coefficient (Wildman–Crippen LogP) is 2.59. The van der Waals surface area contributed by atoms with Crippen molar-refractivity contribution in [2.45, 2.75) is 25.8 Å². The van der Waals surface area contributed by atoms with Crippen molar-refractivity contribution in [2.24, 2.45) is 0 Å². The second-order valence-electron chi connectivity index (χ2n) is 4.31. The summed E-state index contributed by atoms with van der Waals surface area (Å²) >= 11 is 12.8. The topological polar surface area (TPSA) is 81.7 Å². The van der Waals surface area contributed by atoms with Gasteiger partial charge in [0.15, 0.2) is 0 Å². The summed E-state index contributed by atoms with van der Waals surface area (Å²) in [6.07, 6.45) is 0.0401. The van der Waals surface area contributed by atoms with Crippen molar-refractivity contribution in [3.8, 4) is 0 Å². The third kappa shape index (κ3) is 4.59. The zero-order valence-electron chi connectivity index (χ0n) is 12.2. The average Bonchev–Trinajstić information content (AvgIpc) is 2.77. The van der Waals surface area contributed by atoms with E-state index >= 15 is 0 Å². The van der Waals surface area contributed by atoms with Crippen LogP contribution in [-0.4, -0.2) is 38.1 Å². The van der Waals surface area contributed by atoms with Gasteiger partial charge in [-0.2, -0.15) is 0 Å². The van der Waals surface area contributed by atoms with Gasteiger partial charge in [-0.3, -0.25) is 9.59 Å². The fourth-order valence-corrected chi connectivity index (χ4v) is 3.12. The normalized spacial score (nSPS) is 11.7. The van der Waals surface area contributed by atoms with E-state index in [-0.39, 0.29) is 12.8 Å². The summed E-state index contributed by atoms with van der Waals surface area (Å²) in [4.78, 5) is 35.4. The molecule has 0 bridgehead atoms. The van der Waals surface area contributed by atoms with Crippen molar-refractivity contribution in [1.82, 2.24) is 5.32 Å². The number of halogens is 2. The molecule has 0 spiro atoms. The van der Waals surface area contributed by atoms with Gasteiger partial charge in [0, 0.05) is 6.42 Å². The highest BCUT2D eigenvalue weighted by molar-refractivity contribution is 7.19. The number of thiophene rings is 1. The Morgan fingerprint density at radius 2 is 1.86 bits per heavy atom. The number of amides is 1. The first-order chi connectivity index (χ1) is 10.3. The first kappa shape index (κ1) is 18.7. The van der Waals surface area contributed by atoms with E-state index in [2.05, 4.69) is 14.8 Å². The predicted molar refractivity (Wildman–Crippen MR) is 83.6 cm³/mol. The SMILES string of the molecule is COC(=O)CC[C@H](NC(=O)c1sc(Cl)c(Cl)c1C)C(=O)OC. The van der Waals surface area contributed by atoms with Crippen molar-refractivity contribution in [3.63, 3.8) is 0 Å². The Morgan fingerprint density at radius 1 is 1.23 bits per heavy atom. The van der Waals surface area contributed by atoms with Crippen LogP contribution in [0.4, 0.5) is 0 Å². The van der Waals surface area contributed by atoms with Crippen molar-refractivity contribution < 1.29 is 23.9 Å². The van der Waals surface area contributed by atoms with Crippen LogP contribution in [0, 0.1) is 6.92 Å². The summed E-state index contributed by atoms with van der Waals surface area (Å²) in [6, 6.07) is -0.962. The number of methoxy groups -OCH3 is 2. The molecule has 1 heterocycles. The van der Waals surface area contributed by atoms with Crippen LogP contribution >= 0.6 is 34.5 Å². The number of rotatable bonds is 6. The maximum Gasteiger partial charge on any atom is 0.328 e. The van der Waals surface area contributed by atoms with E-state index in [0.717, 1.165) is 11.3 Å². The zero-order chi connectivity index (χ0) is 16.9. The molecule has 0 unspecified atom stereocenters. The molecular formula is C13H15Cl2NO5S. The first-order valence-electron chi connectivity index (χ1n) is 6.21. The van der Waals surface area contributed by atoms with E-state index in [1.165, 1.54) is 14.2 Å². The molecular weight excluding hydrogens is 353 g/mol. The molecule has 1 N–H and O–H groups in total. The van der Waals surface area contributed by atoms with Crippen LogP contribution < -0.4 is 5.32 Å². The van der Waals surface area contributed by atoms with Gasteiger partial charge in [-0.25, -0.2) is 4.79 Å². The Balaban J connectivity index is 2.84. The molecule has 0 radical (unpaired) electrons. The monoisotopic (exact) mass is 367 g/mol. The molecule has 0 aliphatic rings. The summed E-state index contributed by atoms with van der Waals surface area (Å²) < 4.78 is 9.42. The van der Waals surface area contributed by atoms with Gasteiger partial charge in [-0.05, 0) is 18.9 Å². The molecule has 6 nitrogen and oxygen atoms in total. The smallest absolute Gasteiger partial charge is 0.328 e. The van der Waals surface area contributed by atoms with Gasteiger partial charge >= 0.3 is 11.9 Å². The maximum atomic E-state index is 12.2. The lowest BCUT2D eigenvalue weighted by Gasteiger charge is -2.15. The third-order valence-corrected chi connectivity index (χ3v) is 5.08. The largest absolute Gasteiger partial charge is 0.469 e. The number of esters is 2. The molecule has 1 aromatic heterocycles. The number of ether oxygens (including phenoxy) is 2. The van der Waals surface area contributed by atoms with Gasteiger partial charge in [-0.1, -0.05) is 23.2 Å². The van der Waals surface area contributed by atoms with E-state index in [0.29, 0.717) is 19.8 Å². The Kier molecular flexibility index (Phi) is 7.12. The van der Waals surface area contributed by atoms with E-state index in [4.69, 9.17) is 23.2 Å². The van der Waals surface area contributed by atoms with Gasteiger partial charge in [0.1, 0.15) is 10.4 Å². The van der Waals surface area contributed by atoms with Gasteiger partial charge < -0.3 is 14.8 Å². The molecule has 0 aliphatic heterocycles. The summed E-state index contributed by atoms with van der Waals surface area (Å²) in [5, 5.41) is 2.82. The van der Waals surface area contributed by atoms with Gasteiger partial charge in [0.05, 0.1) is 24.1 Å². The van der Waals surface area contributed by atoms with Crippen LogP contribution in [0.2, 0.25) is 9.36 Å². The van der Waals surface area contributed by atoms with E-state index in [1.807, 2.05) is 0 Å². The fraction of sp³-hybridized carbons (Fsp3) is 0.462. The van der Waals surface area contributed by atoms with Crippen LogP contribution in [0.3, 0.4) is 0 Å². The Hall–Kier alpha value is -1.31. The molecule has 1 atom stereocenters. The highest BCUT2D eigenvalue weighted by atomic mass is 35.5. The van der Waals surface area contributed by atoms with Crippen LogP contribution in [0.15, 0.2) is 0 Å². The van der Waals surface area contributed by atoms with E-state index < -0.39 is 23.9 Å². The molecule has 1 amide bonds. The van der Waals surface area contributed by atoms with Gasteiger partial charge in [0.25, 0.3) is 5.91 Å². The number of carbonyl (C=O) groups excluding carboxylic acids is 3. The van der Waals surface area contributed by atoms with E-state index in [9.17, 15) is 14.4 Å². The zero-order valence-corrected chi connectivity index (χ0v) is 14.5. The minimum atomic E-state index is -0.962. The van der Waals surface area contributed by atoms with Gasteiger partial charge in [0.2, 0.25) is 0 Å². The molecule has 1 aromatic rings. The van der Waals surface area contributed by atoms with E-state index in [1.54, 1.807) is 6.92 Å². The van der Waals surface area contributed by atoms with Gasteiger partial charge in [-0.15, -0.1) is 11.3 Å².